The zero-order chi connectivity index (χ0) is 16.1. The molecule has 0 radical (unpaired) electrons. The lowest BCUT2D eigenvalue weighted by molar-refractivity contribution is -0.147. The van der Waals surface area contributed by atoms with E-state index in [9.17, 15) is 9.59 Å². The van der Waals surface area contributed by atoms with Crippen LogP contribution in [-0.2, 0) is 20.7 Å². The molecule has 5 nitrogen and oxygen atoms in total. The van der Waals surface area contributed by atoms with E-state index in [0.29, 0.717) is 6.42 Å². The number of carbonyl (C=O) groups excluding carboxylic acids is 2. The molecule has 1 aromatic heterocycles. The first-order chi connectivity index (χ1) is 10.6. The van der Waals surface area contributed by atoms with E-state index in [0.717, 1.165) is 16.5 Å². The molecule has 1 N–H and O–H groups in total. The number of carbonyl (C=O) groups is 2. The van der Waals surface area contributed by atoms with Crippen LogP contribution in [0.4, 0.5) is 0 Å². The molecule has 0 unspecified atom stereocenters. The molecule has 1 heterocycles. The van der Waals surface area contributed by atoms with Crippen LogP contribution in [0.3, 0.4) is 0 Å². The van der Waals surface area contributed by atoms with E-state index in [4.69, 9.17) is 4.74 Å². The Hall–Kier alpha value is -2.56. The van der Waals surface area contributed by atoms with Gasteiger partial charge in [-0.05, 0) is 18.6 Å². The second-order valence-electron chi connectivity index (χ2n) is 4.97. The molecule has 0 aliphatic heterocycles. The number of esters is 1. The van der Waals surface area contributed by atoms with Crippen LogP contribution in [0.2, 0.25) is 0 Å². The maximum absolute atomic E-state index is 12.0. The van der Waals surface area contributed by atoms with Crippen LogP contribution >= 0.6 is 0 Å². The van der Waals surface area contributed by atoms with Gasteiger partial charge in [0, 0.05) is 31.1 Å². The van der Waals surface area contributed by atoms with Crippen LogP contribution in [0.15, 0.2) is 37.0 Å². The zero-order valence-corrected chi connectivity index (χ0v) is 12.8. The van der Waals surface area contributed by atoms with E-state index in [1.807, 2.05) is 35.0 Å². The van der Waals surface area contributed by atoms with Gasteiger partial charge in [-0.3, -0.25) is 4.79 Å². The molecule has 2 aromatic rings. The second-order valence-corrected chi connectivity index (χ2v) is 4.97. The van der Waals surface area contributed by atoms with Crippen LogP contribution in [0.1, 0.15) is 19.4 Å². The molecule has 22 heavy (non-hydrogen) atoms. The molecular formula is C17H20N2O3. The number of nitrogens with zero attached hydrogens (tertiary/aromatic N) is 1. The minimum Gasteiger partial charge on any atom is -0.464 e. The Bertz CT molecular complexity index is 703. The topological polar surface area (TPSA) is 60.3 Å². The number of fused-ring (bicyclic) bond motifs is 1. The van der Waals surface area contributed by atoms with Crippen molar-refractivity contribution in [3.8, 4) is 0 Å². The van der Waals surface area contributed by atoms with Gasteiger partial charge in [-0.2, -0.15) is 0 Å². The number of nitrogens with one attached hydrogen (secondary N) is 1. The van der Waals surface area contributed by atoms with E-state index < -0.39 is 12.0 Å². The first-order valence-electron chi connectivity index (χ1n) is 7.21. The Balaban J connectivity index is 2.35. The number of ether oxygens (including phenoxy) is 1. The number of para-hydroxylation sites is 1. The number of benzene rings is 1. The zero-order valence-electron chi connectivity index (χ0n) is 12.8. The van der Waals surface area contributed by atoms with Crippen molar-refractivity contribution in [2.75, 3.05) is 6.61 Å². The largest absolute Gasteiger partial charge is 0.464 e. The van der Waals surface area contributed by atoms with Crippen molar-refractivity contribution in [2.24, 2.45) is 0 Å². The highest BCUT2D eigenvalue weighted by atomic mass is 16.5. The Morgan fingerprint density at radius 1 is 1.41 bits per heavy atom. The fraction of sp³-hybridized carbons (Fsp3) is 0.294. The molecule has 0 bridgehead atoms. The lowest BCUT2D eigenvalue weighted by atomic mass is 10.0. The normalized spacial score (nSPS) is 11.9. The van der Waals surface area contributed by atoms with Gasteiger partial charge in [0.05, 0.1) is 12.1 Å². The Morgan fingerprint density at radius 3 is 2.77 bits per heavy atom. The number of hydrogen-bond donors (Lipinski definition) is 1. The van der Waals surface area contributed by atoms with Crippen LogP contribution in [0.25, 0.3) is 17.1 Å². The lowest BCUT2D eigenvalue weighted by Crippen LogP contribution is -2.42. The van der Waals surface area contributed by atoms with Gasteiger partial charge in [-0.1, -0.05) is 24.8 Å². The summed E-state index contributed by atoms with van der Waals surface area (Å²) in [6.07, 6.45) is 4.01. The summed E-state index contributed by atoms with van der Waals surface area (Å²) < 4.78 is 6.95. The first kappa shape index (κ1) is 15.8. The van der Waals surface area contributed by atoms with E-state index in [2.05, 4.69) is 11.9 Å². The van der Waals surface area contributed by atoms with Crippen molar-refractivity contribution in [3.05, 3.63) is 42.6 Å². The SMILES string of the molecule is C=Cn1cc(C[C@H](NC(C)=O)C(=O)OCC)c2ccccc21. The number of amides is 1. The summed E-state index contributed by atoms with van der Waals surface area (Å²) in [4.78, 5) is 23.4. The van der Waals surface area contributed by atoms with Gasteiger partial charge in [-0.25, -0.2) is 4.79 Å². The smallest absolute Gasteiger partial charge is 0.328 e. The molecule has 2 rings (SSSR count). The van der Waals surface area contributed by atoms with Crippen molar-refractivity contribution >= 4 is 29.0 Å². The van der Waals surface area contributed by atoms with E-state index in [1.165, 1.54) is 6.92 Å². The van der Waals surface area contributed by atoms with E-state index >= 15 is 0 Å². The van der Waals surface area contributed by atoms with E-state index in [1.54, 1.807) is 13.1 Å². The Labute approximate surface area is 129 Å². The maximum Gasteiger partial charge on any atom is 0.328 e. The monoisotopic (exact) mass is 300 g/mol. The predicted octanol–water partition coefficient (Wildman–Crippen LogP) is 2.35. The number of hydrogen-bond acceptors (Lipinski definition) is 3. The van der Waals surface area contributed by atoms with Crippen molar-refractivity contribution < 1.29 is 14.3 Å². The van der Waals surface area contributed by atoms with Crippen LogP contribution < -0.4 is 5.32 Å². The van der Waals surface area contributed by atoms with Crippen LogP contribution in [0, 0.1) is 0 Å². The molecule has 1 aromatic carbocycles. The van der Waals surface area contributed by atoms with Crippen molar-refractivity contribution in [1.29, 1.82) is 0 Å². The minimum atomic E-state index is -0.693. The van der Waals surface area contributed by atoms with Crippen molar-refractivity contribution in [3.63, 3.8) is 0 Å². The fourth-order valence-corrected chi connectivity index (χ4v) is 2.49. The van der Waals surface area contributed by atoms with Gasteiger partial charge in [0.1, 0.15) is 6.04 Å². The van der Waals surface area contributed by atoms with Gasteiger partial charge in [-0.15, -0.1) is 0 Å². The molecule has 5 heteroatoms. The summed E-state index contributed by atoms with van der Waals surface area (Å²) in [6, 6.07) is 7.17. The highest BCUT2D eigenvalue weighted by Gasteiger charge is 2.23. The third-order valence-corrected chi connectivity index (χ3v) is 3.39. The van der Waals surface area contributed by atoms with E-state index in [-0.39, 0.29) is 12.5 Å². The molecule has 0 saturated heterocycles. The van der Waals surface area contributed by atoms with Crippen molar-refractivity contribution in [2.45, 2.75) is 26.3 Å². The third-order valence-electron chi connectivity index (χ3n) is 3.39. The second kappa shape index (κ2) is 6.93. The quantitative estimate of drug-likeness (QED) is 0.833. The summed E-state index contributed by atoms with van der Waals surface area (Å²) >= 11 is 0. The maximum atomic E-state index is 12.0. The molecule has 1 amide bonds. The summed E-state index contributed by atoms with van der Waals surface area (Å²) in [5.74, 6) is -0.682. The Kier molecular flexibility index (Phi) is 4.99. The predicted molar refractivity (Wildman–Crippen MR) is 86.3 cm³/mol. The Morgan fingerprint density at radius 2 is 2.14 bits per heavy atom. The molecule has 0 aliphatic carbocycles. The van der Waals surface area contributed by atoms with Gasteiger partial charge in [0.25, 0.3) is 0 Å². The van der Waals surface area contributed by atoms with Gasteiger partial charge >= 0.3 is 5.97 Å². The standard InChI is InChI=1S/C17H20N2O3/c1-4-19-11-13(14-8-6-7-9-16(14)19)10-15(18-12(3)20)17(21)22-5-2/h4,6-9,11,15H,1,5,10H2,2-3H3,(H,18,20)/t15-/m0/s1. The van der Waals surface area contributed by atoms with Crippen molar-refractivity contribution in [1.82, 2.24) is 9.88 Å². The molecule has 0 spiro atoms. The van der Waals surface area contributed by atoms with Gasteiger partial charge in [0.2, 0.25) is 5.91 Å². The van der Waals surface area contributed by atoms with Gasteiger partial charge in [0.15, 0.2) is 0 Å². The average molecular weight is 300 g/mol. The average Bonchev–Trinajstić information content (AvgIpc) is 2.85. The van der Waals surface area contributed by atoms with Crippen LogP contribution in [0.5, 0.6) is 0 Å². The first-order valence-corrected chi connectivity index (χ1v) is 7.21. The minimum absolute atomic E-state index is 0.259. The van der Waals surface area contributed by atoms with Crippen LogP contribution in [-0.4, -0.2) is 29.1 Å². The molecule has 0 saturated carbocycles. The number of rotatable bonds is 6. The molecule has 0 aliphatic rings. The summed E-state index contributed by atoms with van der Waals surface area (Å²) in [7, 11) is 0. The number of aromatic nitrogens is 1. The summed E-state index contributed by atoms with van der Waals surface area (Å²) in [5, 5.41) is 3.69. The lowest BCUT2D eigenvalue weighted by Gasteiger charge is -2.15. The third kappa shape index (κ3) is 3.36. The van der Waals surface area contributed by atoms with Gasteiger partial charge < -0.3 is 14.6 Å². The molecular weight excluding hydrogens is 280 g/mol. The molecule has 0 fully saturated rings. The highest BCUT2D eigenvalue weighted by Crippen LogP contribution is 2.23. The highest BCUT2D eigenvalue weighted by molar-refractivity contribution is 5.88. The summed E-state index contributed by atoms with van der Waals surface area (Å²) in [5.41, 5.74) is 1.97. The summed E-state index contributed by atoms with van der Waals surface area (Å²) in [6.45, 7) is 7.20. The molecule has 116 valence electrons. The molecule has 1 atom stereocenters. The fourth-order valence-electron chi connectivity index (χ4n) is 2.49.